The van der Waals surface area contributed by atoms with Gasteiger partial charge in [0.05, 0.1) is 18.9 Å². The molecule has 0 fully saturated rings. The monoisotopic (exact) mass is 282 g/mol. The number of rotatable bonds is 10. The number of methoxy groups -OCH3 is 2. The van der Waals surface area contributed by atoms with Crippen molar-refractivity contribution >= 4 is 5.82 Å². The van der Waals surface area contributed by atoms with Crippen LogP contribution in [0.5, 0.6) is 0 Å². The van der Waals surface area contributed by atoms with E-state index in [4.69, 9.17) is 9.47 Å². The first-order valence-electron chi connectivity index (χ1n) is 6.96. The van der Waals surface area contributed by atoms with Gasteiger partial charge in [-0.3, -0.25) is 0 Å². The number of nitrogens with one attached hydrogen (secondary N) is 1. The second kappa shape index (κ2) is 9.63. The van der Waals surface area contributed by atoms with Gasteiger partial charge >= 0.3 is 0 Å². The molecule has 0 radical (unpaired) electrons. The van der Waals surface area contributed by atoms with Crippen molar-refractivity contribution in [1.82, 2.24) is 15.5 Å². The lowest BCUT2D eigenvalue weighted by Crippen LogP contribution is -2.31. The predicted octanol–water partition coefficient (Wildman–Crippen LogP) is 1.07. The summed E-state index contributed by atoms with van der Waals surface area (Å²) in [6, 6.07) is 4.44. The van der Waals surface area contributed by atoms with Crippen molar-refractivity contribution in [2.75, 3.05) is 45.4 Å². The summed E-state index contributed by atoms with van der Waals surface area (Å²) in [6.45, 7) is 7.82. The molecule has 0 saturated carbocycles. The zero-order valence-electron chi connectivity index (χ0n) is 12.9. The van der Waals surface area contributed by atoms with E-state index in [1.807, 2.05) is 12.1 Å². The molecule has 0 saturated heterocycles. The van der Waals surface area contributed by atoms with Gasteiger partial charge in [-0.2, -0.15) is 5.10 Å². The summed E-state index contributed by atoms with van der Waals surface area (Å²) in [6.07, 6.45) is 0. The third kappa shape index (κ3) is 6.27. The van der Waals surface area contributed by atoms with Crippen LogP contribution in [-0.4, -0.2) is 56.8 Å². The highest BCUT2D eigenvalue weighted by Gasteiger charge is 2.08. The maximum absolute atomic E-state index is 5.12. The fourth-order valence-electron chi connectivity index (χ4n) is 1.67. The lowest BCUT2D eigenvalue weighted by molar-refractivity contribution is 0.190. The van der Waals surface area contributed by atoms with E-state index in [1.54, 1.807) is 14.2 Å². The van der Waals surface area contributed by atoms with Crippen LogP contribution in [0.1, 0.15) is 19.5 Å². The van der Waals surface area contributed by atoms with E-state index >= 15 is 0 Å². The molecule has 0 aliphatic carbocycles. The van der Waals surface area contributed by atoms with Crippen LogP contribution in [0.3, 0.4) is 0 Å². The summed E-state index contributed by atoms with van der Waals surface area (Å²) < 4.78 is 10.2. The Morgan fingerprint density at radius 1 is 1.10 bits per heavy atom. The van der Waals surface area contributed by atoms with Crippen molar-refractivity contribution in [3.8, 4) is 0 Å². The lowest BCUT2D eigenvalue weighted by atomic mass is 10.3. The maximum Gasteiger partial charge on any atom is 0.151 e. The van der Waals surface area contributed by atoms with E-state index in [-0.39, 0.29) is 0 Å². The molecule has 0 unspecified atom stereocenters. The van der Waals surface area contributed by atoms with Crippen molar-refractivity contribution in [3.63, 3.8) is 0 Å². The van der Waals surface area contributed by atoms with Crippen LogP contribution in [0.25, 0.3) is 0 Å². The van der Waals surface area contributed by atoms with Crippen molar-refractivity contribution in [3.05, 3.63) is 17.8 Å². The van der Waals surface area contributed by atoms with Gasteiger partial charge in [0.1, 0.15) is 0 Å². The van der Waals surface area contributed by atoms with Crippen molar-refractivity contribution in [2.24, 2.45) is 0 Å². The Morgan fingerprint density at radius 3 is 2.20 bits per heavy atom. The van der Waals surface area contributed by atoms with Crippen LogP contribution >= 0.6 is 0 Å². The smallest absolute Gasteiger partial charge is 0.151 e. The van der Waals surface area contributed by atoms with Crippen LogP contribution < -0.4 is 10.2 Å². The Morgan fingerprint density at radius 2 is 1.75 bits per heavy atom. The van der Waals surface area contributed by atoms with E-state index in [0.717, 1.165) is 31.1 Å². The zero-order chi connectivity index (χ0) is 14.8. The lowest BCUT2D eigenvalue weighted by Gasteiger charge is -2.22. The topological polar surface area (TPSA) is 59.5 Å². The summed E-state index contributed by atoms with van der Waals surface area (Å²) >= 11 is 0. The summed E-state index contributed by atoms with van der Waals surface area (Å²) in [7, 11) is 3.39. The van der Waals surface area contributed by atoms with Gasteiger partial charge < -0.3 is 19.7 Å². The van der Waals surface area contributed by atoms with Crippen LogP contribution in [0, 0.1) is 0 Å². The Labute approximate surface area is 121 Å². The highest BCUT2D eigenvalue weighted by molar-refractivity contribution is 5.37. The standard InChI is InChI=1S/C14H26N4O2/c1-12(2)15-11-13-5-6-14(17-16-13)18(7-9-19-3)8-10-20-4/h5-6,12,15H,7-11H2,1-4H3. The molecule has 1 aromatic rings. The molecule has 1 heterocycles. The molecule has 1 rings (SSSR count). The Kier molecular flexibility index (Phi) is 8.10. The second-order valence-electron chi connectivity index (χ2n) is 4.89. The minimum atomic E-state index is 0.441. The molecule has 0 aliphatic rings. The molecule has 114 valence electrons. The molecule has 1 N–H and O–H groups in total. The average molecular weight is 282 g/mol. The number of anilines is 1. The first-order valence-corrected chi connectivity index (χ1v) is 6.96. The molecule has 6 nitrogen and oxygen atoms in total. The number of hydrogen-bond acceptors (Lipinski definition) is 6. The maximum atomic E-state index is 5.12. The molecular weight excluding hydrogens is 256 g/mol. The van der Waals surface area contributed by atoms with Crippen LogP contribution in [0.2, 0.25) is 0 Å². The normalized spacial score (nSPS) is 11.1. The van der Waals surface area contributed by atoms with Crippen molar-refractivity contribution in [1.29, 1.82) is 0 Å². The average Bonchev–Trinajstić information content (AvgIpc) is 2.46. The molecule has 6 heteroatoms. The van der Waals surface area contributed by atoms with Crippen LogP contribution in [-0.2, 0) is 16.0 Å². The van der Waals surface area contributed by atoms with E-state index in [2.05, 4.69) is 34.3 Å². The molecule has 0 bridgehead atoms. The summed E-state index contributed by atoms with van der Waals surface area (Å²) in [4.78, 5) is 2.11. The largest absolute Gasteiger partial charge is 0.383 e. The van der Waals surface area contributed by atoms with E-state index in [1.165, 1.54) is 0 Å². The summed E-state index contributed by atoms with van der Waals surface area (Å²) in [5.41, 5.74) is 0.945. The third-order valence-electron chi connectivity index (χ3n) is 2.85. The van der Waals surface area contributed by atoms with Gasteiger partial charge in [-0.15, -0.1) is 5.10 Å². The van der Waals surface area contributed by atoms with Gasteiger partial charge in [-0.1, -0.05) is 13.8 Å². The van der Waals surface area contributed by atoms with E-state index < -0.39 is 0 Å². The van der Waals surface area contributed by atoms with Gasteiger partial charge in [-0.05, 0) is 12.1 Å². The van der Waals surface area contributed by atoms with Crippen molar-refractivity contribution in [2.45, 2.75) is 26.4 Å². The van der Waals surface area contributed by atoms with Gasteiger partial charge in [0.15, 0.2) is 5.82 Å². The number of aromatic nitrogens is 2. The molecule has 20 heavy (non-hydrogen) atoms. The van der Waals surface area contributed by atoms with E-state index in [9.17, 15) is 0 Å². The molecular formula is C14H26N4O2. The minimum Gasteiger partial charge on any atom is -0.383 e. The predicted molar refractivity (Wildman–Crippen MR) is 80.0 cm³/mol. The Balaban J connectivity index is 2.61. The molecule has 1 aromatic heterocycles. The zero-order valence-corrected chi connectivity index (χ0v) is 12.9. The fraction of sp³-hybridized carbons (Fsp3) is 0.714. The van der Waals surface area contributed by atoms with Gasteiger partial charge in [0.2, 0.25) is 0 Å². The first-order chi connectivity index (χ1) is 9.67. The molecule has 0 amide bonds. The van der Waals surface area contributed by atoms with Gasteiger partial charge in [-0.25, -0.2) is 0 Å². The number of hydrogen-bond donors (Lipinski definition) is 1. The van der Waals surface area contributed by atoms with Gasteiger partial charge in [0.25, 0.3) is 0 Å². The SMILES string of the molecule is COCCN(CCOC)c1ccc(CNC(C)C)nn1. The number of ether oxygens (including phenoxy) is 2. The van der Waals surface area contributed by atoms with Crippen molar-refractivity contribution < 1.29 is 9.47 Å². The van der Waals surface area contributed by atoms with Crippen LogP contribution in [0.15, 0.2) is 12.1 Å². The first kappa shape index (κ1) is 16.8. The highest BCUT2D eigenvalue weighted by Crippen LogP contribution is 2.09. The third-order valence-corrected chi connectivity index (χ3v) is 2.85. The summed E-state index contributed by atoms with van der Waals surface area (Å²) in [5.74, 6) is 0.854. The van der Waals surface area contributed by atoms with Gasteiger partial charge in [0, 0.05) is 39.9 Å². The quantitative estimate of drug-likeness (QED) is 0.693. The molecule has 0 aromatic carbocycles. The molecule has 0 atom stereocenters. The minimum absolute atomic E-state index is 0.441. The van der Waals surface area contributed by atoms with E-state index in [0.29, 0.717) is 19.3 Å². The Bertz CT molecular complexity index is 349. The second-order valence-corrected chi connectivity index (χ2v) is 4.89. The molecule has 0 aliphatic heterocycles. The number of nitrogens with zero attached hydrogens (tertiary/aromatic N) is 3. The fourth-order valence-corrected chi connectivity index (χ4v) is 1.67. The summed E-state index contributed by atoms with van der Waals surface area (Å²) in [5, 5.41) is 11.9. The van der Waals surface area contributed by atoms with Crippen LogP contribution in [0.4, 0.5) is 5.82 Å². The molecule has 0 spiro atoms. The Hall–Kier alpha value is -1.24. The highest BCUT2D eigenvalue weighted by atomic mass is 16.5.